The summed E-state index contributed by atoms with van der Waals surface area (Å²) in [6.45, 7) is 4.28. The maximum atomic E-state index is 12.4. The summed E-state index contributed by atoms with van der Waals surface area (Å²) in [6, 6.07) is 7.94. The van der Waals surface area contributed by atoms with Crippen LogP contribution >= 0.6 is 11.8 Å². The molecule has 3 nitrogen and oxygen atoms in total. The average molecular weight is 276 g/mol. The van der Waals surface area contributed by atoms with E-state index in [4.69, 9.17) is 0 Å². The highest BCUT2D eigenvalue weighted by atomic mass is 32.2. The van der Waals surface area contributed by atoms with E-state index < -0.39 is 0 Å². The van der Waals surface area contributed by atoms with Crippen LogP contribution in [-0.2, 0) is 0 Å². The van der Waals surface area contributed by atoms with E-state index in [0.717, 1.165) is 29.4 Å². The van der Waals surface area contributed by atoms with E-state index in [2.05, 4.69) is 4.90 Å². The maximum absolute atomic E-state index is 12.4. The van der Waals surface area contributed by atoms with Gasteiger partial charge in [-0.2, -0.15) is 0 Å². The molecule has 4 heteroatoms. The van der Waals surface area contributed by atoms with Gasteiger partial charge in [0, 0.05) is 18.0 Å². The van der Waals surface area contributed by atoms with Gasteiger partial charge in [0.1, 0.15) is 0 Å². The van der Waals surface area contributed by atoms with Crippen LogP contribution in [0.15, 0.2) is 29.2 Å². The highest BCUT2D eigenvalue weighted by Gasteiger charge is 2.24. The first kappa shape index (κ1) is 13.0. The Morgan fingerprint density at radius 3 is 2.68 bits per heavy atom. The van der Waals surface area contributed by atoms with Crippen molar-refractivity contribution in [1.29, 1.82) is 0 Å². The number of benzene rings is 1. The zero-order valence-electron chi connectivity index (χ0n) is 11.2. The fraction of sp³-hybridized carbons (Fsp3) is 0.533. The van der Waals surface area contributed by atoms with E-state index in [0.29, 0.717) is 0 Å². The van der Waals surface area contributed by atoms with Gasteiger partial charge in [0.15, 0.2) is 0 Å². The first-order valence-electron chi connectivity index (χ1n) is 7.08. The lowest BCUT2D eigenvalue weighted by atomic mass is 10.1. The van der Waals surface area contributed by atoms with Gasteiger partial charge >= 0.3 is 0 Å². The Balaban J connectivity index is 1.59. The molecule has 0 bridgehead atoms. The molecule has 3 rings (SSSR count). The molecule has 2 aliphatic heterocycles. The summed E-state index contributed by atoms with van der Waals surface area (Å²) in [7, 11) is 0. The molecule has 0 atom stereocenters. The van der Waals surface area contributed by atoms with Crippen molar-refractivity contribution in [2.75, 3.05) is 32.1 Å². The van der Waals surface area contributed by atoms with Crippen LogP contribution in [0.4, 0.5) is 0 Å². The smallest absolute Gasteiger partial charge is 0.255 e. The van der Waals surface area contributed by atoms with Crippen LogP contribution in [0, 0.1) is 0 Å². The van der Waals surface area contributed by atoms with E-state index in [1.54, 1.807) is 11.8 Å². The van der Waals surface area contributed by atoms with Crippen molar-refractivity contribution in [3.63, 3.8) is 0 Å². The molecule has 1 aromatic rings. The molecule has 0 radical (unpaired) electrons. The summed E-state index contributed by atoms with van der Waals surface area (Å²) in [5, 5.41) is 0. The zero-order valence-corrected chi connectivity index (χ0v) is 12.0. The molecule has 0 spiro atoms. The number of thioether (sulfide) groups is 1. The summed E-state index contributed by atoms with van der Waals surface area (Å²) < 4.78 is 0. The largest absolute Gasteiger partial charge is 0.328 e. The number of rotatable bonds is 3. The fourth-order valence-corrected chi connectivity index (χ4v) is 3.78. The molecule has 1 aromatic carbocycles. The minimum absolute atomic E-state index is 0.200. The predicted octanol–water partition coefficient (Wildman–Crippen LogP) is 2.68. The number of carbonyl (C=O) groups excluding carboxylic acids is 1. The van der Waals surface area contributed by atoms with Crippen LogP contribution in [0.5, 0.6) is 0 Å². The Labute approximate surface area is 119 Å². The molecule has 2 aliphatic rings. The van der Waals surface area contributed by atoms with Crippen LogP contribution in [0.3, 0.4) is 0 Å². The van der Waals surface area contributed by atoms with Crippen LogP contribution in [0.25, 0.3) is 0 Å². The van der Waals surface area contributed by atoms with E-state index >= 15 is 0 Å². The maximum Gasteiger partial charge on any atom is 0.255 e. The van der Waals surface area contributed by atoms with E-state index in [1.165, 1.54) is 32.4 Å². The fourth-order valence-electron chi connectivity index (χ4n) is 2.76. The van der Waals surface area contributed by atoms with Gasteiger partial charge in [-0.25, -0.2) is 0 Å². The number of carbonyl (C=O) groups is 1. The van der Waals surface area contributed by atoms with E-state index in [-0.39, 0.29) is 5.91 Å². The normalized spacial score (nSPS) is 20.4. The second-order valence-electron chi connectivity index (χ2n) is 5.24. The number of hydrogen-bond donors (Lipinski definition) is 0. The molecule has 0 unspecified atom stereocenters. The lowest BCUT2D eigenvalue weighted by molar-refractivity contribution is 0.0754. The van der Waals surface area contributed by atoms with Crippen LogP contribution in [0.2, 0.25) is 0 Å². The highest BCUT2D eigenvalue weighted by Crippen LogP contribution is 2.29. The Morgan fingerprint density at radius 2 is 1.84 bits per heavy atom. The van der Waals surface area contributed by atoms with Crippen LogP contribution < -0.4 is 0 Å². The molecule has 1 fully saturated rings. The van der Waals surface area contributed by atoms with Crippen molar-refractivity contribution in [1.82, 2.24) is 9.80 Å². The average Bonchev–Trinajstić information content (AvgIpc) is 2.48. The van der Waals surface area contributed by atoms with Gasteiger partial charge < -0.3 is 9.80 Å². The lowest BCUT2D eigenvalue weighted by Crippen LogP contribution is -2.41. The lowest BCUT2D eigenvalue weighted by Gasteiger charge is -2.32. The molecule has 2 heterocycles. The van der Waals surface area contributed by atoms with Gasteiger partial charge in [-0.05, 0) is 38.1 Å². The first-order chi connectivity index (χ1) is 9.34. The number of fused-ring (bicyclic) bond motifs is 1. The third kappa shape index (κ3) is 2.95. The molecular weight excluding hydrogens is 256 g/mol. The Bertz CT molecular complexity index is 457. The number of piperidine rings is 1. The Kier molecular flexibility index (Phi) is 4.09. The van der Waals surface area contributed by atoms with Gasteiger partial charge in [-0.15, -0.1) is 11.8 Å². The topological polar surface area (TPSA) is 23.6 Å². The van der Waals surface area contributed by atoms with Crippen LogP contribution in [0.1, 0.15) is 29.6 Å². The quantitative estimate of drug-likeness (QED) is 0.848. The molecule has 0 aliphatic carbocycles. The standard InChI is InChI=1S/C15H20N2OS/c18-15-13-6-2-3-7-14(13)19-12-17(15)11-10-16-8-4-1-5-9-16/h2-3,6-7H,1,4-5,8-12H2. The number of nitrogens with zero attached hydrogens (tertiary/aromatic N) is 2. The molecule has 102 valence electrons. The summed E-state index contributed by atoms with van der Waals surface area (Å²) in [4.78, 5) is 18.0. The second kappa shape index (κ2) is 5.97. The SMILES string of the molecule is O=C1c2ccccc2SCN1CCN1CCCCC1. The van der Waals surface area contributed by atoms with E-state index in [9.17, 15) is 4.79 Å². The minimum atomic E-state index is 0.200. The number of hydrogen-bond acceptors (Lipinski definition) is 3. The van der Waals surface area contributed by atoms with Gasteiger partial charge in [-0.3, -0.25) is 4.79 Å². The van der Waals surface area contributed by atoms with Crippen molar-refractivity contribution in [3.05, 3.63) is 29.8 Å². The Hall–Kier alpha value is -1.00. The molecule has 0 saturated carbocycles. The minimum Gasteiger partial charge on any atom is -0.328 e. The first-order valence-corrected chi connectivity index (χ1v) is 8.06. The van der Waals surface area contributed by atoms with E-state index in [1.807, 2.05) is 29.2 Å². The van der Waals surface area contributed by atoms with Gasteiger partial charge in [0.25, 0.3) is 5.91 Å². The molecule has 1 amide bonds. The Morgan fingerprint density at radius 1 is 1.05 bits per heavy atom. The van der Waals surface area contributed by atoms with Crippen LogP contribution in [-0.4, -0.2) is 47.8 Å². The van der Waals surface area contributed by atoms with Gasteiger partial charge in [0.05, 0.1) is 11.4 Å². The van der Waals surface area contributed by atoms with Crippen molar-refractivity contribution >= 4 is 17.7 Å². The highest BCUT2D eigenvalue weighted by molar-refractivity contribution is 7.99. The number of amides is 1. The van der Waals surface area contributed by atoms with Crippen molar-refractivity contribution in [3.8, 4) is 0 Å². The number of likely N-dealkylation sites (tertiary alicyclic amines) is 1. The molecule has 0 N–H and O–H groups in total. The summed E-state index contributed by atoms with van der Waals surface area (Å²) in [5.74, 6) is 0.996. The predicted molar refractivity (Wildman–Crippen MR) is 78.5 cm³/mol. The zero-order chi connectivity index (χ0) is 13.1. The molecule has 1 saturated heterocycles. The van der Waals surface area contributed by atoms with Crippen molar-refractivity contribution < 1.29 is 4.79 Å². The third-order valence-electron chi connectivity index (χ3n) is 3.92. The monoisotopic (exact) mass is 276 g/mol. The summed E-state index contributed by atoms with van der Waals surface area (Å²) >= 11 is 1.77. The van der Waals surface area contributed by atoms with Crippen molar-refractivity contribution in [2.45, 2.75) is 24.2 Å². The van der Waals surface area contributed by atoms with Gasteiger partial charge in [0.2, 0.25) is 0 Å². The summed E-state index contributed by atoms with van der Waals surface area (Å²) in [5.41, 5.74) is 0.873. The third-order valence-corrected chi connectivity index (χ3v) is 5.02. The molecule has 19 heavy (non-hydrogen) atoms. The van der Waals surface area contributed by atoms with Crippen molar-refractivity contribution in [2.24, 2.45) is 0 Å². The molecule has 0 aromatic heterocycles. The molecular formula is C15H20N2OS. The van der Waals surface area contributed by atoms with Gasteiger partial charge in [-0.1, -0.05) is 18.6 Å². The second-order valence-corrected chi connectivity index (χ2v) is 6.23. The summed E-state index contributed by atoms with van der Waals surface area (Å²) in [6.07, 6.45) is 3.99.